The van der Waals surface area contributed by atoms with Crippen molar-refractivity contribution in [2.75, 3.05) is 19.4 Å². The van der Waals surface area contributed by atoms with Crippen LogP contribution in [0.25, 0.3) is 0 Å². The largest absolute Gasteiger partial charge is 0.464 e. The van der Waals surface area contributed by atoms with Crippen molar-refractivity contribution in [1.82, 2.24) is 20.3 Å². The molecule has 0 aliphatic carbocycles. The summed E-state index contributed by atoms with van der Waals surface area (Å²) in [5.41, 5.74) is 5.53. The molecule has 0 fully saturated rings. The highest BCUT2D eigenvalue weighted by Crippen LogP contribution is 2.08. The molecule has 0 aromatic carbocycles. The number of nitrogens with one attached hydrogen (secondary N) is 1. The van der Waals surface area contributed by atoms with Gasteiger partial charge in [-0.15, -0.1) is 5.10 Å². The molecule has 0 radical (unpaired) electrons. The van der Waals surface area contributed by atoms with Crippen molar-refractivity contribution >= 4 is 17.7 Å². The van der Waals surface area contributed by atoms with E-state index >= 15 is 0 Å². The van der Waals surface area contributed by atoms with Crippen LogP contribution < -0.4 is 11.1 Å². The summed E-state index contributed by atoms with van der Waals surface area (Å²) in [5.74, 6) is -0.897. The zero-order valence-electron chi connectivity index (χ0n) is 9.77. The van der Waals surface area contributed by atoms with E-state index in [0.717, 1.165) is 11.1 Å². The van der Waals surface area contributed by atoms with Gasteiger partial charge in [0, 0.05) is 6.54 Å². The van der Waals surface area contributed by atoms with Gasteiger partial charge in [-0.1, -0.05) is 12.1 Å². The SMILES string of the molecule is CCCNC(=O)Cn1nnc(C(=O)OC)c1N. The molecule has 0 unspecified atom stereocenters. The number of nitrogens with two attached hydrogens (primary N) is 1. The van der Waals surface area contributed by atoms with Crippen molar-refractivity contribution < 1.29 is 14.3 Å². The number of methoxy groups -OCH3 is 1. The first-order valence-electron chi connectivity index (χ1n) is 5.14. The maximum atomic E-state index is 11.4. The fourth-order valence-corrected chi connectivity index (χ4v) is 1.14. The van der Waals surface area contributed by atoms with Crippen LogP contribution in [0.4, 0.5) is 5.82 Å². The molecule has 0 bridgehead atoms. The molecule has 1 aromatic rings. The topological polar surface area (TPSA) is 112 Å². The van der Waals surface area contributed by atoms with Crippen LogP contribution in [-0.4, -0.2) is 40.5 Å². The van der Waals surface area contributed by atoms with E-state index in [1.165, 1.54) is 7.11 Å². The minimum Gasteiger partial charge on any atom is -0.464 e. The highest BCUT2D eigenvalue weighted by atomic mass is 16.5. The molecule has 1 amide bonds. The zero-order valence-corrected chi connectivity index (χ0v) is 9.77. The first-order chi connectivity index (χ1) is 8.10. The summed E-state index contributed by atoms with van der Waals surface area (Å²) in [6.45, 7) is 2.45. The summed E-state index contributed by atoms with van der Waals surface area (Å²) < 4.78 is 5.62. The molecule has 0 aliphatic heterocycles. The van der Waals surface area contributed by atoms with Gasteiger partial charge in [0.05, 0.1) is 7.11 Å². The summed E-state index contributed by atoms with van der Waals surface area (Å²) in [5, 5.41) is 9.83. The molecule has 17 heavy (non-hydrogen) atoms. The van der Waals surface area contributed by atoms with Gasteiger partial charge in [-0.2, -0.15) is 0 Å². The summed E-state index contributed by atoms with van der Waals surface area (Å²) in [6, 6.07) is 0. The Hall–Kier alpha value is -2.12. The van der Waals surface area contributed by atoms with E-state index < -0.39 is 5.97 Å². The molecule has 0 saturated heterocycles. The number of carbonyl (C=O) groups is 2. The van der Waals surface area contributed by atoms with Gasteiger partial charge in [-0.05, 0) is 6.42 Å². The quantitative estimate of drug-likeness (QED) is 0.651. The smallest absolute Gasteiger partial charge is 0.362 e. The van der Waals surface area contributed by atoms with E-state index in [1.54, 1.807) is 0 Å². The fourth-order valence-electron chi connectivity index (χ4n) is 1.14. The lowest BCUT2D eigenvalue weighted by molar-refractivity contribution is -0.121. The van der Waals surface area contributed by atoms with Crippen LogP contribution in [0.1, 0.15) is 23.8 Å². The van der Waals surface area contributed by atoms with E-state index in [2.05, 4.69) is 20.4 Å². The zero-order chi connectivity index (χ0) is 12.8. The highest BCUT2D eigenvalue weighted by Gasteiger charge is 2.18. The molecule has 94 valence electrons. The lowest BCUT2D eigenvalue weighted by Crippen LogP contribution is -2.29. The molecule has 3 N–H and O–H groups in total. The number of ether oxygens (including phenoxy) is 1. The number of anilines is 1. The normalized spacial score (nSPS) is 10.0. The molecule has 0 atom stereocenters. The third-order valence-corrected chi connectivity index (χ3v) is 2.02. The molecule has 0 saturated carbocycles. The number of esters is 1. The fraction of sp³-hybridized carbons (Fsp3) is 0.556. The predicted molar refractivity (Wildman–Crippen MR) is 59.1 cm³/mol. The van der Waals surface area contributed by atoms with Crippen molar-refractivity contribution in [2.45, 2.75) is 19.9 Å². The Morgan fingerprint density at radius 2 is 2.24 bits per heavy atom. The standard InChI is InChI=1S/C9H15N5O3/c1-3-4-11-6(15)5-14-8(10)7(12-13-14)9(16)17-2/h3-5,10H2,1-2H3,(H,11,15). The number of nitrogens with zero attached hydrogens (tertiary/aromatic N) is 3. The van der Waals surface area contributed by atoms with Crippen LogP contribution in [-0.2, 0) is 16.1 Å². The average Bonchev–Trinajstić information content (AvgIpc) is 2.67. The first kappa shape index (κ1) is 12.9. The Morgan fingerprint density at radius 1 is 1.53 bits per heavy atom. The minimum absolute atomic E-state index is 0.0171. The van der Waals surface area contributed by atoms with Gasteiger partial charge in [-0.25, -0.2) is 9.48 Å². The second-order valence-electron chi connectivity index (χ2n) is 3.32. The Bertz CT molecular complexity index is 415. The number of carbonyl (C=O) groups excluding carboxylic acids is 2. The van der Waals surface area contributed by atoms with Crippen molar-refractivity contribution in [3.63, 3.8) is 0 Å². The molecule has 8 heteroatoms. The maximum absolute atomic E-state index is 11.4. The Morgan fingerprint density at radius 3 is 2.82 bits per heavy atom. The number of hydrogen-bond donors (Lipinski definition) is 2. The first-order valence-corrected chi connectivity index (χ1v) is 5.14. The second kappa shape index (κ2) is 5.83. The molecule has 1 rings (SSSR count). The predicted octanol–water partition coefficient (Wildman–Crippen LogP) is -0.827. The van der Waals surface area contributed by atoms with Gasteiger partial charge in [0.15, 0.2) is 5.82 Å². The van der Waals surface area contributed by atoms with Gasteiger partial charge in [0.1, 0.15) is 6.54 Å². The Kier molecular flexibility index (Phi) is 4.44. The van der Waals surface area contributed by atoms with Crippen molar-refractivity contribution in [3.05, 3.63) is 5.69 Å². The van der Waals surface area contributed by atoms with E-state index in [4.69, 9.17) is 5.73 Å². The lowest BCUT2D eigenvalue weighted by Gasteiger charge is -2.04. The van der Waals surface area contributed by atoms with E-state index in [9.17, 15) is 9.59 Å². The molecule has 0 aliphatic rings. The second-order valence-corrected chi connectivity index (χ2v) is 3.32. The van der Waals surface area contributed by atoms with Crippen LogP contribution in [0, 0.1) is 0 Å². The number of hydrogen-bond acceptors (Lipinski definition) is 6. The molecule has 1 heterocycles. The van der Waals surface area contributed by atoms with Crippen LogP contribution in [0.15, 0.2) is 0 Å². The van der Waals surface area contributed by atoms with E-state index in [1.807, 2.05) is 6.92 Å². The monoisotopic (exact) mass is 241 g/mol. The van der Waals surface area contributed by atoms with E-state index in [0.29, 0.717) is 6.54 Å². The molecule has 0 spiro atoms. The van der Waals surface area contributed by atoms with Crippen molar-refractivity contribution in [1.29, 1.82) is 0 Å². The maximum Gasteiger partial charge on any atom is 0.362 e. The number of rotatable bonds is 5. The summed E-state index contributed by atoms with van der Waals surface area (Å²) in [4.78, 5) is 22.6. The van der Waals surface area contributed by atoms with Crippen LogP contribution in [0.5, 0.6) is 0 Å². The van der Waals surface area contributed by atoms with E-state index in [-0.39, 0.29) is 24.0 Å². The molecule has 8 nitrogen and oxygen atoms in total. The number of aromatic nitrogens is 3. The van der Waals surface area contributed by atoms with Gasteiger partial charge in [0.25, 0.3) is 0 Å². The summed E-state index contributed by atoms with van der Waals surface area (Å²) in [6.07, 6.45) is 0.839. The minimum atomic E-state index is -0.678. The number of amides is 1. The summed E-state index contributed by atoms with van der Waals surface area (Å²) >= 11 is 0. The molecular weight excluding hydrogens is 226 g/mol. The Balaban J connectivity index is 2.70. The third-order valence-electron chi connectivity index (χ3n) is 2.02. The third kappa shape index (κ3) is 3.16. The van der Waals surface area contributed by atoms with Crippen LogP contribution >= 0.6 is 0 Å². The van der Waals surface area contributed by atoms with Gasteiger partial charge < -0.3 is 15.8 Å². The highest BCUT2D eigenvalue weighted by molar-refractivity contribution is 5.92. The van der Waals surface area contributed by atoms with Crippen LogP contribution in [0.2, 0.25) is 0 Å². The van der Waals surface area contributed by atoms with Gasteiger partial charge in [0.2, 0.25) is 11.6 Å². The number of nitrogen functional groups attached to an aromatic ring is 1. The van der Waals surface area contributed by atoms with Gasteiger partial charge >= 0.3 is 5.97 Å². The van der Waals surface area contributed by atoms with Crippen molar-refractivity contribution in [2.24, 2.45) is 0 Å². The van der Waals surface area contributed by atoms with Crippen LogP contribution in [0.3, 0.4) is 0 Å². The van der Waals surface area contributed by atoms with Crippen molar-refractivity contribution in [3.8, 4) is 0 Å². The lowest BCUT2D eigenvalue weighted by atomic mass is 10.4. The molecular formula is C9H15N5O3. The van der Waals surface area contributed by atoms with Gasteiger partial charge in [-0.3, -0.25) is 4.79 Å². The Labute approximate surface area is 98.1 Å². The average molecular weight is 241 g/mol. The summed E-state index contributed by atoms with van der Waals surface area (Å²) in [7, 11) is 1.22. The molecule has 1 aromatic heterocycles.